The molecule has 1 unspecified atom stereocenters. The molecule has 2 N–H and O–H groups in total. The van der Waals surface area contributed by atoms with Gasteiger partial charge in [-0.05, 0) is 24.1 Å². The number of nitrogens with zero attached hydrogens (tertiary/aromatic N) is 2. The van der Waals surface area contributed by atoms with Crippen molar-refractivity contribution in [3.63, 3.8) is 0 Å². The van der Waals surface area contributed by atoms with Crippen LogP contribution in [0.5, 0.6) is 0 Å². The van der Waals surface area contributed by atoms with Crippen molar-refractivity contribution in [1.29, 1.82) is 0 Å². The molecule has 7 heteroatoms. The number of methoxy groups -OCH3 is 1. The fourth-order valence-electron chi connectivity index (χ4n) is 2.91. The molecule has 0 aliphatic carbocycles. The highest BCUT2D eigenvalue weighted by molar-refractivity contribution is 5.80. The first kappa shape index (κ1) is 19.2. The van der Waals surface area contributed by atoms with Crippen LogP contribution in [0.25, 0.3) is 0 Å². The molecule has 1 atom stereocenters. The van der Waals surface area contributed by atoms with E-state index in [0.717, 1.165) is 18.5 Å². The minimum absolute atomic E-state index is 0.184. The monoisotopic (exact) mass is 350 g/mol. The Kier molecular flexibility index (Phi) is 7.18. The number of likely N-dealkylation sites (tertiary alicyclic amines) is 1. The highest BCUT2D eigenvalue weighted by Crippen LogP contribution is 2.12. The lowest BCUT2D eigenvalue weighted by Gasteiger charge is -2.19. The first-order valence-corrected chi connectivity index (χ1v) is 8.58. The standard InChI is InChI=1S/C18H27FN4O2/c1-4-17(24)23-8-7-15(11-23)22-18(20-2)21-10-13-5-6-16(19)14(9-13)12-25-3/h5-6,9,15H,4,7-8,10-12H2,1-3H3,(H2,20,21,22). The van der Waals surface area contributed by atoms with Crippen molar-refractivity contribution in [3.05, 3.63) is 35.1 Å². The first-order chi connectivity index (χ1) is 12.1. The molecule has 6 nitrogen and oxygen atoms in total. The number of carbonyl (C=O) groups excluding carboxylic acids is 1. The Morgan fingerprint density at radius 1 is 1.48 bits per heavy atom. The van der Waals surface area contributed by atoms with Crippen molar-refractivity contribution in [2.24, 2.45) is 4.99 Å². The topological polar surface area (TPSA) is 66.0 Å². The third-order valence-electron chi connectivity index (χ3n) is 4.28. The second-order valence-corrected chi connectivity index (χ2v) is 6.11. The average Bonchev–Trinajstić information content (AvgIpc) is 3.09. The number of carbonyl (C=O) groups is 1. The zero-order valence-corrected chi connectivity index (χ0v) is 15.1. The van der Waals surface area contributed by atoms with Gasteiger partial charge in [0.25, 0.3) is 0 Å². The molecule has 25 heavy (non-hydrogen) atoms. The maximum atomic E-state index is 13.7. The highest BCUT2D eigenvalue weighted by Gasteiger charge is 2.25. The predicted octanol–water partition coefficient (Wildman–Crippen LogP) is 1.65. The van der Waals surface area contributed by atoms with E-state index in [-0.39, 0.29) is 24.4 Å². The van der Waals surface area contributed by atoms with Crippen LogP contribution in [0, 0.1) is 5.82 Å². The number of halogens is 1. The molecule has 1 aliphatic rings. The Morgan fingerprint density at radius 3 is 2.96 bits per heavy atom. The summed E-state index contributed by atoms with van der Waals surface area (Å²) in [6, 6.07) is 5.17. The van der Waals surface area contributed by atoms with E-state index in [9.17, 15) is 9.18 Å². The Morgan fingerprint density at radius 2 is 2.28 bits per heavy atom. The number of hydrogen-bond acceptors (Lipinski definition) is 3. The molecule has 138 valence electrons. The van der Waals surface area contributed by atoms with Gasteiger partial charge in [0.15, 0.2) is 5.96 Å². The van der Waals surface area contributed by atoms with Crippen LogP contribution in [0.3, 0.4) is 0 Å². The molecule has 1 aromatic carbocycles. The van der Waals surface area contributed by atoms with E-state index in [1.165, 1.54) is 6.07 Å². The molecule has 1 aliphatic heterocycles. The summed E-state index contributed by atoms with van der Waals surface area (Å²) in [5.41, 5.74) is 1.49. The van der Waals surface area contributed by atoms with E-state index < -0.39 is 0 Å². The quantitative estimate of drug-likeness (QED) is 0.605. The van der Waals surface area contributed by atoms with E-state index in [1.54, 1.807) is 26.3 Å². The molecule has 0 radical (unpaired) electrons. The van der Waals surface area contributed by atoms with Gasteiger partial charge in [0.2, 0.25) is 5.91 Å². The number of aliphatic imine (C=N–C) groups is 1. The van der Waals surface area contributed by atoms with Gasteiger partial charge in [-0.2, -0.15) is 0 Å². The number of hydrogen-bond donors (Lipinski definition) is 2. The maximum absolute atomic E-state index is 13.7. The van der Waals surface area contributed by atoms with E-state index in [1.807, 2.05) is 11.8 Å². The smallest absolute Gasteiger partial charge is 0.222 e. The summed E-state index contributed by atoms with van der Waals surface area (Å²) in [7, 11) is 3.25. The number of guanidine groups is 1. The molecule has 1 saturated heterocycles. The van der Waals surface area contributed by atoms with Gasteiger partial charge in [0, 0.05) is 51.8 Å². The Labute approximate surface area is 148 Å². The average molecular weight is 350 g/mol. The van der Waals surface area contributed by atoms with Gasteiger partial charge in [-0.15, -0.1) is 0 Å². The number of nitrogens with one attached hydrogen (secondary N) is 2. The number of amides is 1. The van der Waals surface area contributed by atoms with E-state index in [4.69, 9.17) is 4.74 Å². The summed E-state index contributed by atoms with van der Waals surface area (Å²) < 4.78 is 18.7. The molecule has 1 fully saturated rings. The summed E-state index contributed by atoms with van der Waals surface area (Å²) >= 11 is 0. The number of ether oxygens (including phenoxy) is 1. The van der Waals surface area contributed by atoms with Crippen LogP contribution in [-0.2, 0) is 22.7 Å². The molecule has 1 amide bonds. The number of rotatable bonds is 6. The maximum Gasteiger partial charge on any atom is 0.222 e. The molecule has 0 spiro atoms. The normalized spacial score (nSPS) is 17.7. The van der Waals surface area contributed by atoms with Crippen LogP contribution in [0.15, 0.2) is 23.2 Å². The van der Waals surface area contributed by atoms with Gasteiger partial charge in [-0.1, -0.05) is 13.0 Å². The molecule has 0 bridgehead atoms. The zero-order valence-electron chi connectivity index (χ0n) is 15.1. The van der Waals surface area contributed by atoms with E-state index >= 15 is 0 Å². The second kappa shape index (κ2) is 9.36. The van der Waals surface area contributed by atoms with E-state index in [0.29, 0.717) is 31.0 Å². The lowest BCUT2D eigenvalue weighted by molar-refractivity contribution is -0.129. The van der Waals surface area contributed by atoms with Crippen LogP contribution >= 0.6 is 0 Å². The minimum Gasteiger partial charge on any atom is -0.380 e. The van der Waals surface area contributed by atoms with Crippen LogP contribution in [0.4, 0.5) is 4.39 Å². The van der Waals surface area contributed by atoms with Gasteiger partial charge in [-0.3, -0.25) is 9.79 Å². The van der Waals surface area contributed by atoms with Crippen LogP contribution in [0.2, 0.25) is 0 Å². The van der Waals surface area contributed by atoms with Gasteiger partial charge in [-0.25, -0.2) is 4.39 Å². The van der Waals surface area contributed by atoms with Gasteiger partial charge < -0.3 is 20.3 Å². The van der Waals surface area contributed by atoms with E-state index in [2.05, 4.69) is 15.6 Å². The van der Waals surface area contributed by atoms with Crippen molar-refractivity contribution < 1.29 is 13.9 Å². The van der Waals surface area contributed by atoms with Crippen molar-refractivity contribution in [2.75, 3.05) is 27.2 Å². The summed E-state index contributed by atoms with van der Waals surface area (Å²) in [6.45, 7) is 4.13. The van der Waals surface area contributed by atoms with Crippen molar-refractivity contribution in [1.82, 2.24) is 15.5 Å². The van der Waals surface area contributed by atoms with Gasteiger partial charge in [0.1, 0.15) is 5.82 Å². The highest BCUT2D eigenvalue weighted by atomic mass is 19.1. The van der Waals surface area contributed by atoms with Crippen molar-refractivity contribution in [2.45, 2.75) is 39.0 Å². The zero-order chi connectivity index (χ0) is 18.2. The SMILES string of the molecule is CCC(=O)N1CCC(NC(=NC)NCc2ccc(F)c(COC)c2)C1. The van der Waals surface area contributed by atoms with Crippen molar-refractivity contribution >= 4 is 11.9 Å². The molecule has 2 rings (SSSR count). The molecular weight excluding hydrogens is 323 g/mol. The number of benzene rings is 1. The first-order valence-electron chi connectivity index (χ1n) is 8.58. The fraction of sp³-hybridized carbons (Fsp3) is 0.556. The van der Waals surface area contributed by atoms with Crippen LogP contribution in [0.1, 0.15) is 30.9 Å². The minimum atomic E-state index is -0.264. The predicted molar refractivity (Wildman–Crippen MR) is 95.7 cm³/mol. The lowest BCUT2D eigenvalue weighted by atomic mass is 10.1. The lowest BCUT2D eigenvalue weighted by Crippen LogP contribution is -2.44. The summed E-state index contributed by atoms with van der Waals surface area (Å²) in [6.07, 6.45) is 1.44. The summed E-state index contributed by atoms with van der Waals surface area (Å²) in [4.78, 5) is 17.9. The summed E-state index contributed by atoms with van der Waals surface area (Å²) in [5.74, 6) is 0.595. The van der Waals surface area contributed by atoms with Gasteiger partial charge >= 0.3 is 0 Å². The molecule has 1 aromatic rings. The summed E-state index contributed by atoms with van der Waals surface area (Å²) in [5, 5.41) is 6.57. The molecule has 0 saturated carbocycles. The Balaban J connectivity index is 1.87. The van der Waals surface area contributed by atoms with Crippen molar-refractivity contribution in [3.8, 4) is 0 Å². The second-order valence-electron chi connectivity index (χ2n) is 6.11. The largest absolute Gasteiger partial charge is 0.380 e. The molecular formula is C18H27FN4O2. The Hall–Kier alpha value is -2.15. The Bertz CT molecular complexity index is 621. The molecule has 1 heterocycles. The van der Waals surface area contributed by atoms with Gasteiger partial charge in [0.05, 0.1) is 6.61 Å². The fourth-order valence-corrected chi connectivity index (χ4v) is 2.91. The third kappa shape index (κ3) is 5.42. The van der Waals surface area contributed by atoms with Crippen LogP contribution < -0.4 is 10.6 Å². The molecule has 0 aromatic heterocycles. The van der Waals surface area contributed by atoms with Crippen LogP contribution in [-0.4, -0.2) is 50.1 Å². The third-order valence-corrected chi connectivity index (χ3v) is 4.28.